The summed E-state index contributed by atoms with van der Waals surface area (Å²) >= 11 is 1.81. The van der Waals surface area contributed by atoms with E-state index >= 15 is 0 Å². The summed E-state index contributed by atoms with van der Waals surface area (Å²) in [4.78, 5) is 20.5. The number of aryl methyl sites for hydroxylation is 2. The molecule has 1 aromatic carbocycles. The van der Waals surface area contributed by atoms with E-state index in [1.165, 1.54) is 9.88 Å². The van der Waals surface area contributed by atoms with Crippen LogP contribution in [0.5, 0.6) is 5.75 Å². The number of rotatable bonds is 4. The summed E-state index contributed by atoms with van der Waals surface area (Å²) in [6.45, 7) is 5.86. The normalized spacial score (nSPS) is 15.5. The van der Waals surface area contributed by atoms with E-state index in [0.717, 1.165) is 42.9 Å². The fourth-order valence-electron chi connectivity index (χ4n) is 3.08. The van der Waals surface area contributed by atoms with Crippen molar-refractivity contribution in [2.75, 3.05) is 20.2 Å². The van der Waals surface area contributed by atoms with Crippen molar-refractivity contribution >= 4 is 17.2 Å². The standard InChI is InChI=1S/C19H24N2O2S/c1-13-14(2)24-19(20-13)16-8-10-21(11-9-16)18(22)12-15-4-6-17(23-3)7-5-15/h4-7,16H,8-12H2,1-3H3. The number of ether oxygens (including phenoxy) is 1. The molecule has 2 heterocycles. The quantitative estimate of drug-likeness (QED) is 0.849. The molecular weight excluding hydrogens is 320 g/mol. The van der Waals surface area contributed by atoms with Crippen LogP contribution in [-0.4, -0.2) is 36.0 Å². The Morgan fingerprint density at radius 3 is 2.46 bits per heavy atom. The van der Waals surface area contributed by atoms with Crippen molar-refractivity contribution in [3.05, 3.63) is 45.4 Å². The molecule has 0 aliphatic carbocycles. The molecule has 0 bridgehead atoms. The smallest absolute Gasteiger partial charge is 0.226 e. The van der Waals surface area contributed by atoms with E-state index in [9.17, 15) is 4.79 Å². The highest BCUT2D eigenvalue weighted by molar-refractivity contribution is 7.11. The van der Waals surface area contributed by atoms with Crippen molar-refractivity contribution in [2.45, 2.75) is 39.0 Å². The maximum atomic E-state index is 12.5. The molecule has 1 amide bonds. The molecule has 4 nitrogen and oxygen atoms in total. The van der Waals surface area contributed by atoms with Gasteiger partial charge in [0.25, 0.3) is 0 Å². The van der Waals surface area contributed by atoms with E-state index < -0.39 is 0 Å². The molecule has 2 aromatic rings. The Morgan fingerprint density at radius 2 is 1.92 bits per heavy atom. The SMILES string of the molecule is COc1ccc(CC(=O)N2CCC(c3nc(C)c(C)s3)CC2)cc1. The zero-order valence-electron chi connectivity index (χ0n) is 14.5. The fraction of sp³-hybridized carbons (Fsp3) is 0.474. The Hall–Kier alpha value is -1.88. The van der Waals surface area contributed by atoms with E-state index in [1.54, 1.807) is 7.11 Å². The Kier molecular flexibility index (Phi) is 5.19. The number of aromatic nitrogens is 1. The second kappa shape index (κ2) is 7.34. The molecule has 0 unspecified atom stereocenters. The van der Waals surface area contributed by atoms with Crippen LogP contribution in [0.15, 0.2) is 24.3 Å². The minimum absolute atomic E-state index is 0.213. The van der Waals surface area contributed by atoms with E-state index in [2.05, 4.69) is 13.8 Å². The van der Waals surface area contributed by atoms with Gasteiger partial charge < -0.3 is 9.64 Å². The lowest BCUT2D eigenvalue weighted by molar-refractivity contribution is -0.131. The van der Waals surface area contributed by atoms with Crippen LogP contribution >= 0.6 is 11.3 Å². The molecule has 1 aromatic heterocycles. The second-order valence-corrected chi connectivity index (χ2v) is 7.61. The zero-order valence-corrected chi connectivity index (χ0v) is 15.4. The van der Waals surface area contributed by atoms with E-state index in [1.807, 2.05) is 40.5 Å². The number of amides is 1. The Labute approximate surface area is 147 Å². The third-order valence-corrected chi connectivity index (χ3v) is 5.99. The lowest BCUT2D eigenvalue weighted by Crippen LogP contribution is -2.38. The molecule has 24 heavy (non-hydrogen) atoms. The summed E-state index contributed by atoms with van der Waals surface area (Å²) in [5.74, 6) is 1.54. The number of nitrogens with zero attached hydrogens (tertiary/aromatic N) is 2. The third kappa shape index (κ3) is 3.78. The fourth-order valence-corrected chi connectivity index (χ4v) is 4.17. The third-order valence-electron chi connectivity index (χ3n) is 4.76. The highest BCUT2D eigenvalue weighted by Crippen LogP contribution is 2.32. The number of carbonyl (C=O) groups excluding carboxylic acids is 1. The van der Waals surface area contributed by atoms with Crippen molar-refractivity contribution in [2.24, 2.45) is 0 Å². The molecule has 0 N–H and O–H groups in total. The van der Waals surface area contributed by atoms with Gasteiger partial charge >= 0.3 is 0 Å². The highest BCUT2D eigenvalue weighted by atomic mass is 32.1. The maximum Gasteiger partial charge on any atom is 0.226 e. The van der Waals surface area contributed by atoms with Gasteiger partial charge in [0.05, 0.1) is 24.2 Å². The number of piperidine rings is 1. The zero-order chi connectivity index (χ0) is 17.1. The Balaban J connectivity index is 1.54. The number of hydrogen-bond acceptors (Lipinski definition) is 4. The predicted molar refractivity (Wildman–Crippen MR) is 96.8 cm³/mol. The minimum Gasteiger partial charge on any atom is -0.497 e. The van der Waals surface area contributed by atoms with Gasteiger partial charge in [0.2, 0.25) is 5.91 Å². The topological polar surface area (TPSA) is 42.4 Å². The van der Waals surface area contributed by atoms with Gasteiger partial charge in [-0.15, -0.1) is 11.3 Å². The van der Waals surface area contributed by atoms with E-state index in [-0.39, 0.29) is 5.91 Å². The summed E-state index contributed by atoms with van der Waals surface area (Å²) in [7, 11) is 1.65. The van der Waals surface area contributed by atoms with Crippen molar-refractivity contribution in [1.29, 1.82) is 0 Å². The summed E-state index contributed by atoms with van der Waals surface area (Å²) in [5.41, 5.74) is 2.18. The monoisotopic (exact) mass is 344 g/mol. The van der Waals surface area contributed by atoms with Gasteiger partial charge in [-0.1, -0.05) is 12.1 Å². The molecule has 1 aliphatic rings. The lowest BCUT2D eigenvalue weighted by atomic mass is 9.97. The van der Waals surface area contributed by atoms with Gasteiger partial charge in [-0.05, 0) is 44.4 Å². The number of thiazole rings is 1. The van der Waals surface area contributed by atoms with Crippen LogP contribution in [0.3, 0.4) is 0 Å². The number of hydrogen-bond donors (Lipinski definition) is 0. The van der Waals surface area contributed by atoms with Crippen LogP contribution in [-0.2, 0) is 11.2 Å². The van der Waals surface area contributed by atoms with Gasteiger partial charge in [-0.25, -0.2) is 4.98 Å². The first-order valence-electron chi connectivity index (χ1n) is 8.41. The molecular formula is C19H24N2O2S. The summed E-state index contributed by atoms with van der Waals surface area (Å²) in [6.07, 6.45) is 2.49. The number of methoxy groups -OCH3 is 1. The van der Waals surface area contributed by atoms with Gasteiger partial charge in [0, 0.05) is 23.9 Å². The van der Waals surface area contributed by atoms with E-state index in [0.29, 0.717) is 12.3 Å². The van der Waals surface area contributed by atoms with Crippen LogP contribution in [0.2, 0.25) is 0 Å². The summed E-state index contributed by atoms with van der Waals surface area (Å²) in [5, 5.41) is 1.24. The molecule has 3 rings (SSSR count). The Morgan fingerprint density at radius 1 is 1.25 bits per heavy atom. The largest absolute Gasteiger partial charge is 0.497 e. The van der Waals surface area contributed by atoms with Crippen molar-refractivity contribution in [3.8, 4) is 5.75 Å². The first-order chi connectivity index (χ1) is 11.6. The minimum atomic E-state index is 0.213. The summed E-state index contributed by atoms with van der Waals surface area (Å²) in [6, 6.07) is 7.74. The summed E-state index contributed by atoms with van der Waals surface area (Å²) < 4.78 is 5.15. The van der Waals surface area contributed by atoms with Gasteiger partial charge in [0.1, 0.15) is 5.75 Å². The second-order valence-electron chi connectivity index (χ2n) is 6.37. The van der Waals surface area contributed by atoms with Crippen LogP contribution in [0.1, 0.15) is 39.9 Å². The molecule has 0 spiro atoms. The molecule has 1 fully saturated rings. The average molecular weight is 344 g/mol. The van der Waals surface area contributed by atoms with Crippen LogP contribution in [0.4, 0.5) is 0 Å². The molecule has 128 valence electrons. The van der Waals surface area contributed by atoms with Crippen molar-refractivity contribution in [1.82, 2.24) is 9.88 Å². The molecule has 1 aliphatic heterocycles. The molecule has 0 radical (unpaired) electrons. The number of likely N-dealkylation sites (tertiary alicyclic amines) is 1. The van der Waals surface area contributed by atoms with Crippen LogP contribution in [0, 0.1) is 13.8 Å². The number of benzene rings is 1. The predicted octanol–water partition coefficient (Wildman–Crippen LogP) is 3.72. The molecule has 5 heteroatoms. The average Bonchev–Trinajstić information content (AvgIpc) is 2.95. The van der Waals surface area contributed by atoms with Gasteiger partial charge in [-0.3, -0.25) is 4.79 Å². The van der Waals surface area contributed by atoms with Gasteiger partial charge in [-0.2, -0.15) is 0 Å². The Bertz CT molecular complexity index is 681. The van der Waals surface area contributed by atoms with Crippen molar-refractivity contribution in [3.63, 3.8) is 0 Å². The first-order valence-corrected chi connectivity index (χ1v) is 9.23. The van der Waals surface area contributed by atoms with Gasteiger partial charge in [0.15, 0.2) is 0 Å². The van der Waals surface area contributed by atoms with Crippen LogP contribution in [0.25, 0.3) is 0 Å². The van der Waals surface area contributed by atoms with E-state index in [4.69, 9.17) is 9.72 Å². The number of carbonyl (C=O) groups is 1. The first kappa shape index (κ1) is 17.0. The molecule has 1 saturated heterocycles. The molecule has 0 atom stereocenters. The lowest BCUT2D eigenvalue weighted by Gasteiger charge is -2.31. The maximum absolute atomic E-state index is 12.5. The van der Waals surface area contributed by atoms with Crippen LogP contribution < -0.4 is 4.74 Å². The molecule has 0 saturated carbocycles. The highest BCUT2D eigenvalue weighted by Gasteiger charge is 2.25. The van der Waals surface area contributed by atoms with Crippen molar-refractivity contribution < 1.29 is 9.53 Å².